The Balaban J connectivity index is 1.47. The van der Waals surface area contributed by atoms with Crippen LogP contribution in [0.4, 0.5) is 4.39 Å². The molecule has 3 heterocycles. The largest absolute Gasteiger partial charge is 0.385 e. The number of likely N-dealkylation sites (tertiary alicyclic amines) is 1. The monoisotopic (exact) mass is 405 g/mol. The van der Waals surface area contributed by atoms with Gasteiger partial charge in [0, 0.05) is 45.7 Å². The fraction of sp³-hybridized carbons (Fsp3) is 0.263. The standard InChI is InChI=1S/C19H17ClFN3O2S/c20-16-2-1-14(21)8-15(16)19(26)3-5-24(6-4-19)18(25)12-7-17(27-11-12)13-9-22-23-10-13/h1-2,7-11,26H,3-6H2,(H,22,23). The molecule has 1 saturated heterocycles. The maximum atomic E-state index is 13.6. The lowest BCUT2D eigenvalue weighted by molar-refractivity contribution is -0.0212. The van der Waals surface area contributed by atoms with Crippen LogP contribution >= 0.6 is 22.9 Å². The summed E-state index contributed by atoms with van der Waals surface area (Å²) in [6, 6.07) is 5.84. The number of carbonyl (C=O) groups is 1. The zero-order valence-corrected chi connectivity index (χ0v) is 15.9. The number of carbonyl (C=O) groups excluding carboxylic acids is 1. The van der Waals surface area contributed by atoms with Crippen molar-refractivity contribution in [2.24, 2.45) is 0 Å². The zero-order chi connectivity index (χ0) is 19.0. The molecule has 0 radical (unpaired) electrons. The molecule has 4 rings (SSSR count). The van der Waals surface area contributed by atoms with E-state index in [1.54, 1.807) is 17.3 Å². The van der Waals surface area contributed by atoms with E-state index in [-0.39, 0.29) is 5.91 Å². The number of aromatic amines is 1. The molecule has 5 nitrogen and oxygen atoms in total. The number of H-pyrrole nitrogens is 1. The molecular formula is C19H17ClFN3O2S. The fourth-order valence-corrected chi connectivity index (χ4v) is 4.53. The quantitative estimate of drug-likeness (QED) is 0.690. The van der Waals surface area contributed by atoms with Crippen molar-refractivity contribution in [1.29, 1.82) is 0 Å². The van der Waals surface area contributed by atoms with Crippen LogP contribution in [0.15, 0.2) is 42.0 Å². The third-order valence-corrected chi connectivity index (χ3v) is 6.25. The van der Waals surface area contributed by atoms with E-state index in [0.29, 0.717) is 42.1 Å². The minimum atomic E-state index is -1.23. The first-order chi connectivity index (χ1) is 13.0. The summed E-state index contributed by atoms with van der Waals surface area (Å²) >= 11 is 7.64. The van der Waals surface area contributed by atoms with Gasteiger partial charge in [-0.05, 0) is 37.1 Å². The van der Waals surface area contributed by atoms with Gasteiger partial charge in [0.25, 0.3) is 5.91 Å². The Morgan fingerprint density at radius 3 is 2.81 bits per heavy atom. The number of benzene rings is 1. The summed E-state index contributed by atoms with van der Waals surface area (Å²) in [7, 11) is 0. The molecule has 1 fully saturated rings. The molecule has 1 aromatic carbocycles. The van der Waals surface area contributed by atoms with E-state index in [1.807, 2.05) is 11.4 Å². The number of nitrogens with one attached hydrogen (secondary N) is 1. The van der Waals surface area contributed by atoms with Gasteiger partial charge in [-0.15, -0.1) is 11.3 Å². The Morgan fingerprint density at radius 1 is 1.33 bits per heavy atom. The maximum Gasteiger partial charge on any atom is 0.254 e. The Kier molecular flexibility index (Phi) is 4.75. The van der Waals surface area contributed by atoms with Gasteiger partial charge in [-0.3, -0.25) is 9.89 Å². The van der Waals surface area contributed by atoms with Crippen LogP contribution in [0.3, 0.4) is 0 Å². The van der Waals surface area contributed by atoms with E-state index < -0.39 is 11.4 Å². The first-order valence-corrected chi connectivity index (χ1v) is 9.77. The van der Waals surface area contributed by atoms with Gasteiger partial charge in [-0.1, -0.05) is 11.6 Å². The van der Waals surface area contributed by atoms with Crippen LogP contribution in [0, 0.1) is 5.82 Å². The summed E-state index contributed by atoms with van der Waals surface area (Å²) in [6.45, 7) is 0.748. The lowest BCUT2D eigenvalue weighted by Gasteiger charge is -2.38. The molecule has 140 valence electrons. The lowest BCUT2D eigenvalue weighted by atomic mass is 9.84. The molecule has 1 aliphatic heterocycles. The van der Waals surface area contributed by atoms with E-state index in [0.717, 1.165) is 10.4 Å². The van der Waals surface area contributed by atoms with Crippen LogP contribution in [0.1, 0.15) is 28.8 Å². The SMILES string of the molecule is O=C(c1csc(-c2cn[nH]c2)c1)N1CCC(O)(c2cc(F)ccc2Cl)CC1. The van der Waals surface area contributed by atoms with Crippen molar-refractivity contribution < 1.29 is 14.3 Å². The Hall–Kier alpha value is -2.22. The van der Waals surface area contributed by atoms with Gasteiger partial charge in [0.05, 0.1) is 17.4 Å². The van der Waals surface area contributed by atoms with E-state index in [4.69, 9.17) is 11.6 Å². The van der Waals surface area contributed by atoms with Crippen LogP contribution < -0.4 is 0 Å². The van der Waals surface area contributed by atoms with Crippen LogP contribution in [-0.4, -0.2) is 39.2 Å². The highest BCUT2D eigenvalue weighted by Gasteiger charge is 2.37. The van der Waals surface area contributed by atoms with Crippen LogP contribution in [0.25, 0.3) is 10.4 Å². The van der Waals surface area contributed by atoms with Crippen LogP contribution in [0.5, 0.6) is 0 Å². The molecule has 27 heavy (non-hydrogen) atoms. The Bertz CT molecular complexity index is 965. The minimum absolute atomic E-state index is 0.0756. The van der Waals surface area contributed by atoms with Gasteiger partial charge in [-0.25, -0.2) is 4.39 Å². The molecule has 0 saturated carbocycles. The normalized spacial score (nSPS) is 16.5. The number of amides is 1. The molecule has 3 aromatic rings. The molecule has 1 aliphatic rings. The van der Waals surface area contributed by atoms with E-state index in [2.05, 4.69) is 10.2 Å². The highest BCUT2D eigenvalue weighted by molar-refractivity contribution is 7.13. The van der Waals surface area contributed by atoms with Crippen molar-refractivity contribution in [2.45, 2.75) is 18.4 Å². The number of hydrogen-bond donors (Lipinski definition) is 2. The molecule has 0 spiro atoms. The fourth-order valence-electron chi connectivity index (χ4n) is 3.37. The summed E-state index contributed by atoms with van der Waals surface area (Å²) in [5.41, 5.74) is 0.708. The second-order valence-corrected chi connectivity index (χ2v) is 7.95. The van der Waals surface area contributed by atoms with Gasteiger partial charge in [-0.2, -0.15) is 5.10 Å². The third-order valence-electron chi connectivity index (χ3n) is 4.94. The lowest BCUT2D eigenvalue weighted by Crippen LogP contribution is -2.45. The van der Waals surface area contributed by atoms with Crippen molar-refractivity contribution in [3.8, 4) is 10.4 Å². The molecular weight excluding hydrogens is 389 g/mol. The number of halogens is 2. The second kappa shape index (κ2) is 7.07. The predicted molar refractivity (Wildman–Crippen MR) is 102 cm³/mol. The van der Waals surface area contributed by atoms with E-state index >= 15 is 0 Å². The highest BCUT2D eigenvalue weighted by Crippen LogP contribution is 2.38. The first-order valence-electron chi connectivity index (χ1n) is 8.51. The van der Waals surface area contributed by atoms with Crippen LogP contribution in [0.2, 0.25) is 5.02 Å². The van der Waals surface area contributed by atoms with Crippen molar-refractivity contribution in [3.63, 3.8) is 0 Å². The van der Waals surface area contributed by atoms with Gasteiger partial charge < -0.3 is 10.0 Å². The average Bonchev–Trinajstić information content (AvgIpc) is 3.35. The average molecular weight is 406 g/mol. The number of aromatic nitrogens is 2. The van der Waals surface area contributed by atoms with Crippen molar-refractivity contribution in [1.82, 2.24) is 15.1 Å². The highest BCUT2D eigenvalue weighted by atomic mass is 35.5. The molecule has 0 aliphatic carbocycles. The molecule has 2 aromatic heterocycles. The number of hydrogen-bond acceptors (Lipinski definition) is 4. The smallest absolute Gasteiger partial charge is 0.254 e. The summed E-state index contributed by atoms with van der Waals surface area (Å²) in [6.07, 6.45) is 4.11. The second-order valence-electron chi connectivity index (χ2n) is 6.63. The topological polar surface area (TPSA) is 69.2 Å². The van der Waals surface area contributed by atoms with Crippen molar-refractivity contribution in [3.05, 3.63) is 64.0 Å². The summed E-state index contributed by atoms with van der Waals surface area (Å²) in [4.78, 5) is 15.5. The molecule has 1 amide bonds. The van der Waals surface area contributed by atoms with Gasteiger partial charge >= 0.3 is 0 Å². The van der Waals surface area contributed by atoms with Gasteiger partial charge in [0.2, 0.25) is 0 Å². The third kappa shape index (κ3) is 3.50. The maximum absolute atomic E-state index is 13.6. The van der Waals surface area contributed by atoms with Crippen molar-refractivity contribution in [2.75, 3.05) is 13.1 Å². The predicted octanol–water partition coefficient (Wildman–Crippen LogP) is 4.05. The molecule has 0 unspecified atom stereocenters. The number of thiophene rings is 1. The van der Waals surface area contributed by atoms with E-state index in [9.17, 15) is 14.3 Å². The minimum Gasteiger partial charge on any atom is -0.385 e. The summed E-state index contributed by atoms with van der Waals surface area (Å²) in [5.74, 6) is -0.514. The van der Waals surface area contributed by atoms with Crippen LogP contribution in [-0.2, 0) is 5.60 Å². The van der Waals surface area contributed by atoms with E-state index in [1.165, 1.54) is 29.5 Å². The van der Waals surface area contributed by atoms with Crippen molar-refractivity contribution >= 4 is 28.8 Å². The summed E-state index contributed by atoms with van der Waals surface area (Å²) < 4.78 is 13.6. The number of rotatable bonds is 3. The molecule has 2 N–H and O–H groups in total. The Morgan fingerprint density at radius 2 is 2.11 bits per heavy atom. The summed E-state index contributed by atoms with van der Waals surface area (Å²) in [5, 5.41) is 19.8. The zero-order valence-electron chi connectivity index (χ0n) is 14.3. The molecule has 8 heteroatoms. The molecule has 0 atom stereocenters. The van der Waals surface area contributed by atoms with Gasteiger partial charge in [0.1, 0.15) is 5.82 Å². The molecule has 0 bridgehead atoms. The first kappa shape index (κ1) is 18.2. The number of piperidine rings is 1. The Labute approximate surface area is 164 Å². The van der Waals surface area contributed by atoms with Gasteiger partial charge in [0.15, 0.2) is 0 Å². The number of nitrogens with zero attached hydrogens (tertiary/aromatic N) is 2. The number of aliphatic hydroxyl groups is 1.